The van der Waals surface area contributed by atoms with Gasteiger partial charge in [-0.25, -0.2) is 0 Å². The second-order valence-electron chi connectivity index (χ2n) is 7.38. The van der Waals surface area contributed by atoms with Gasteiger partial charge in [0.05, 0.1) is 13.4 Å². The van der Waals surface area contributed by atoms with Crippen LogP contribution < -0.4 is 9.47 Å². The average molecular weight is 428 g/mol. The molecule has 5 heteroatoms. The lowest BCUT2D eigenvalue weighted by Crippen LogP contribution is -2.29. The summed E-state index contributed by atoms with van der Waals surface area (Å²) in [5.41, 5.74) is 3.05. The normalized spacial score (nSPS) is 10.5. The lowest BCUT2D eigenvalue weighted by molar-refractivity contribution is 0.0697. The molecule has 0 aliphatic heterocycles. The van der Waals surface area contributed by atoms with E-state index in [1.165, 1.54) is 6.26 Å². The highest BCUT2D eigenvalue weighted by atomic mass is 16.5. The molecule has 3 aromatic carbocycles. The van der Waals surface area contributed by atoms with Crippen LogP contribution in [-0.2, 0) is 19.7 Å². The number of carbonyl (C=O) groups is 1. The van der Waals surface area contributed by atoms with Crippen LogP contribution in [0.15, 0.2) is 102 Å². The van der Waals surface area contributed by atoms with E-state index in [9.17, 15) is 4.79 Å². The van der Waals surface area contributed by atoms with Gasteiger partial charge in [-0.1, -0.05) is 66.7 Å². The summed E-state index contributed by atoms with van der Waals surface area (Å²) in [5.74, 6) is 1.44. The molecule has 0 saturated carbocycles. The van der Waals surface area contributed by atoms with Crippen LogP contribution in [0.1, 0.15) is 27.2 Å². The van der Waals surface area contributed by atoms with Crippen LogP contribution in [0.3, 0.4) is 0 Å². The summed E-state index contributed by atoms with van der Waals surface area (Å²) in [5, 5.41) is 0. The molecule has 0 N–H and O–H groups in total. The van der Waals surface area contributed by atoms with E-state index in [0.717, 1.165) is 16.7 Å². The first-order chi connectivity index (χ1) is 15.7. The van der Waals surface area contributed by atoms with Crippen molar-refractivity contribution in [3.8, 4) is 11.5 Å². The molecule has 0 saturated heterocycles. The molecular weight excluding hydrogens is 402 g/mol. The fraction of sp³-hybridized carbons (Fsp3) is 0.148. The van der Waals surface area contributed by atoms with Gasteiger partial charge in [0, 0.05) is 13.1 Å². The van der Waals surface area contributed by atoms with Crippen LogP contribution in [0.4, 0.5) is 0 Å². The minimum absolute atomic E-state index is 0.165. The molecule has 0 atom stereocenters. The smallest absolute Gasteiger partial charge is 0.290 e. The molecule has 5 nitrogen and oxygen atoms in total. The summed E-state index contributed by atoms with van der Waals surface area (Å²) < 4.78 is 16.9. The van der Waals surface area contributed by atoms with Crippen LogP contribution >= 0.6 is 0 Å². The Morgan fingerprint density at radius 3 is 2.12 bits per heavy atom. The van der Waals surface area contributed by atoms with E-state index in [4.69, 9.17) is 13.9 Å². The minimum atomic E-state index is -0.165. The number of nitrogens with zero attached hydrogens (tertiary/aromatic N) is 1. The van der Waals surface area contributed by atoms with E-state index in [0.29, 0.717) is 37.0 Å². The van der Waals surface area contributed by atoms with E-state index in [2.05, 4.69) is 0 Å². The average Bonchev–Trinajstić information content (AvgIpc) is 3.38. The molecule has 0 spiro atoms. The summed E-state index contributed by atoms with van der Waals surface area (Å²) >= 11 is 0. The predicted octanol–water partition coefficient (Wildman–Crippen LogP) is 5.71. The Hall–Kier alpha value is -3.99. The quantitative estimate of drug-likeness (QED) is 0.343. The molecule has 1 amide bonds. The van der Waals surface area contributed by atoms with Gasteiger partial charge in [-0.2, -0.15) is 0 Å². The number of methoxy groups -OCH3 is 1. The molecule has 32 heavy (non-hydrogen) atoms. The van der Waals surface area contributed by atoms with Crippen molar-refractivity contribution in [2.75, 3.05) is 7.11 Å². The van der Waals surface area contributed by atoms with Gasteiger partial charge in [0.1, 0.15) is 6.61 Å². The van der Waals surface area contributed by atoms with Crippen molar-refractivity contribution in [2.24, 2.45) is 0 Å². The maximum absolute atomic E-state index is 13.1. The van der Waals surface area contributed by atoms with Crippen molar-refractivity contribution >= 4 is 5.91 Å². The highest BCUT2D eigenvalue weighted by molar-refractivity contribution is 5.91. The SMILES string of the molecule is COc1ccc(CN(Cc2ccccc2)C(=O)c2ccco2)cc1OCc1ccccc1. The number of rotatable bonds is 9. The molecule has 0 fully saturated rings. The Morgan fingerprint density at radius 2 is 1.47 bits per heavy atom. The van der Waals surface area contributed by atoms with Gasteiger partial charge in [0.2, 0.25) is 0 Å². The van der Waals surface area contributed by atoms with E-state index in [1.54, 1.807) is 24.1 Å². The number of ether oxygens (including phenoxy) is 2. The number of carbonyl (C=O) groups excluding carboxylic acids is 1. The fourth-order valence-electron chi connectivity index (χ4n) is 3.45. The van der Waals surface area contributed by atoms with Gasteiger partial charge in [-0.3, -0.25) is 4.79 Å². The molecule has 0 aliphatic rings. The second kappa shape index (κ2) is 10.4. The maximum Gasteiger partial charge on any atom is 0.290 e. The van der Waals surface area contributed by atoms with Gasteiger partial charge in [0.25, 0.3) is 5.91 Å². The fourth-order valence-corrected chi connectivity index (χ4v) is 3.45. The van der Waals surface area contributed by atoms with Crippen LogP contribution in [-0.4, -0.2) is 17.9 Å². The molecule has 4 rings (SSSR count). The molecule has 4 aromatic rings. The zero-order valence-electron chi connectivity index (χ0n) is 17.9. The van der Waals surface area contributed by atoms with Crippen molar-refractivity contribution in [1.82, 2.24) is 4.90 Å². The van der Waals surface area contributed by atoms with Crippen molar-refractivity contribution < 1.29 is 18.7 Å². The molecule has 1 heterocycles. The third-order valence-corrected chi connectivity index (χ3v) is 5.07. The first-order valence-electron chi connectivity index (χ1n) is 10.4. The summed E-state index contributed by atoms with van der Waals surface area (Å²) in [6.45, 7) is 1.30. The summed E-state index contributed by atoms with van der Waals surface area (Å²) in [7, 11) is 1.62. The van der Waals surface area contributed by atoms with Crippen LogP contribution in [0.5, 0.6) is 11.5 Å². The zero-order chi connectivity index (χ0) is 22.2. The zero-order valence-corrected chi connectivity index (χ0v) is 17.9. The van der Waals surface area contributed by atoms with Crippen LogP contribution in [0, 0.1) is 0 Å². The van der Waals surface area contributed by atoms with Gasteiger partial charge >= 0.3 is 0 Å². The van der Waals surface area contributed by atoms with Gasteiger partial charge in [-0.05, 0) is 41.0 Å². The summed E-state index contributed by atoms with van der Waals surface area (Å²) in [4.78, 5) is 14.9. The first kappa shape index (κ1) is 21.2. The van der Waals surface area contributed by atoms with Crippen molar-refractivity contribution in [2.45, 2.75) is 19.7 Å². The number of hydrogen-bond acceptors (Lipinski definition) is 4. The summed E-state index contributed by atoms with van der Waals surface area (Å²) in [6, 6.07) is 29.0. The van der Waals surface area contributed by atoms with E-state index < -0.39 is 0 Å². The highest BCUT2D eigenvalue weighted by Crippen LogP contribution is 2.30. The molecule has 162 valence electrons. The largest absolute Gasteiger partial charge is 0.493 e. The second-order valence-corrected chi connectivity index (χ2v) is 7.38. The Labute approximate surface area is 187 Å². The Kier molecular flexibility index (Phi) is 6.88. The molecule has 0 unspecified atom stereocenters. The van der Waals surface area contributed by atoms with Crippen LogP contribution in [0.2, 0.25) is 0 Å². The highest BCUT2D eigenvalue weighted by Gasteiger charge is 2.20. The lowest BCUT2D eigenvalue weighted by atomic mass is 10.1. The number of amides is 1. The maximum atomic E-state index is 13.1. The summed E-state index contributed by atoms with van der Waals surface area (Å²) in [6.07, 6.45) is 1.51. The first-order valence-corrected chi connectivity index (χ1v) is 10.4. The topological polar surface area (TPSA) is 51.9 Å². The lowest BCUT2D eigenvalue weighted by Gasteiger charge is -2.23. The predicted molar refractivity (Wildman–Crippen MR) is 122 cm³/mol. The van der Waals surface area contributed by atoms with Gasteiger partial charge in [-0.15, -0.1) is 0 Å². The molecule has 1 aromatic heterocycles. The van der Waals surface area contributed by atoms with Gasteiger partial charge in [0.15, 0.2) is 17.3 Å². The standard InChI is InChI=1S/C27H25NO4/c1-30-24-15-14-23(17-26(24)32-20-22-11-6-3-7-12-22)19-28(18-21-9-4-2-5-10-21)27(29)25-13-8-16-31-25/h2-17H,18-20H2,1H3. The monoisotopic (exact) mass is 427 g/mol. The minimum Gasteiger partial charge on any atom is -0.493 e. The van der Waals surface area contributed by atoms with Gasteiger partial charge < -0.3 is 18.8 Å². The number of hydrogen-bond donors (Lipinski definition) is 0. The van der Waals surface area contributed by atoms with Crippen LogP contribution in [0.25, 0.3) is 0 Å². The third kappa shape index (κ3) is 5.38. The van der Waals surface area contributed by atoms with E-state index in [1.807, 2.05) is 78.9 Å². The molecule has 0 radical (unpaired) electrons. The Morgan fingerprint density at radius 1 is 0.781 bits per heavy atom. The molecular formula is C27H25NO4. The van der Waals surface area contributed by atoms with Crippen molar-refractivity contribution in [3.05, 3.63) is 120 Å². The Balaban J connectivity index is 1.56. The Bertz CT molecular complexity index is 1130. The van der Waals surface area contributed by atoms with Crippen molar-refractivity contribution in [1.29, 1.82) is 0 Å². The molecule has 0 bridgehead atoms. The van der Waals surface area contributed by atoms with E-state index in [-0.39, 0.29) is 5.91 Å². The van der Waals surface area contributed by atoms with E-state index >= 15 is 0 Å². The molecule has 0 aliphatic carbocycles. The number of furan rings is 1. The third-order valence-electron chi connectivity index (χ3n) is 5.07. The van der Waals surface area contributed by atoms with Crippen molar-refractivity contribution in [3.63, 3.8) is 0 Å². The number of benzene rings is 3.